The second kappa shape index (κ2) is 5.61. The average Bonchev–Trinajstić information content (AvgIpc) is 2.74. The Morgan fingerprint density at radius 3 is 2.95 bits per heavy atom. The highest BCUT2D eigenvalue weighted by molar-refractivity contribution is 6.29. The van der Waals surface area contributed by atoms with Gasteiger partial charge in [-0.3, -0.25) is 10.1 Å². The van der Waals surface area contributed by atoms with Crippen molar-refractivity contribution in [2.45, 2.75) is 6.42 Å². The Morgan fingerprint density at radius 2 is 2.32 bits per heavy atom. The van der Waals surface area contributed by atoms with Gasteiger partial charge >= 0.3 is 0 Å². The third kappa shape index (κ3) is 3.38. The molecule has 2 aromatic rings. The molecule has 19 heavy (non-hydrogen) atoms. The van der Waals surface area contributed by atoms with E-state index in [0.717, 1.165) is 5.82 Å². The normalized spacial score (nSPS) is 10.4. The lowest BCUT2D eigenvalue weighted by atomic mass is 10.3. The van der Waals surface area contributed by atoms with Crippen molar-refractivity contribution in [2.75, 3.05) is 11.9 Å². The number of aryl methyl sites for hydroxylation is 1. The molecule has 0 amide bonds. The predicted molar refractivity (Wildman–Crippen MR) is 69.1 cm³/mol. The number of nitrogens with zero attached hydrogens (tertiary/aromatic N) is 5. The number of nitrogens with one attached hydrogen (secondary N) is 1. The zero-order valence-electron chi connectivity index (χ0n) is 10.1. The van der Waals surface area contributed by atoms with Gasteiger partial charge in [0.15, 0.2) is 0 Å². The molecule has 0 saturated carbocycles. The van der Waals surface area contributed by atoms with Crippen molar-refractivity contribution < 1.29 is 4.92 Å². The van der Waals surface area contributed by atoms with Gasteiger partial charge in [-0.25, -0.2) is 4.98 Å². The summed E-state index contributed by atoms with van der Waals surface area (Å²) < 4.78 is 1.80. The second-order valence-corrected chi connectivity index (χ2v) is 4.21. The number of hydrogen-bond acceptors (Lipinski definition) is 6. The molecule has 0 aliphatic heterocycles. The number of aromatic nitrogens is 4. The molecule has 9 heteroatoms. The van der Waals surface area contributed by atoms with E-state index in [9.17, 15) is 10.1 Å². The van der Waals surface area contributed by atoms with E-state index in [0.29, 0.717) is 18.8 Å². The van der Waals surface area contributed by atoms with Gasteiger partial charge in [0.1, 0.15) is 23.1 Å². The highest BCUT2D eigenvalue weighted by atomic mass is 35.5. The molecule has 0 aliphatic carbocycles. The first-order valence-electron chi connectivity index (χ1n) is 5.45. The van der Waals surface area contributed by atoms with Crippen LogP contribution in [0.5, 0.6) is 0 Å². The summed E-state index contributed by atoms with van der Waals surface area (Å²) in [7, 11) is 1.85. The molecule has 8 nitrogen and oxygen atoms in total. The monoisotopic (exact) mass is 282 g/mol. The quantitative estimate of drug-likeness (QED) is 0.506. The first-order chi connectivity index (χ1) is 9.06. The maximum absolute atomic E-state index is 10.7. The third-order valence-electron chi connectivity index (χ3n) is 2.45. The van der Waals surface area contributed by atoms with Crippen LogP contribution in [0.1, 0.15) is 5.82 Å². The molecule has 0 atom stereocenters. The molecule has 2 heterocycles. The number of halogens is 1. The maximum Gasteiger partial charge on any atom is 0.276 e. The van der Waals surface area contributed by atoms with Crippen molar-refractivity contribution >= 4 is 23.1 Å². The highest BCUT2D eigenvalue weighted by Gasteiger charge is 2.10. The smallest absolute Gasteiger partial charge is 0.276 e. The third-order valence-corrected chi connectivity index (χ3v) is 2.64. The van der Waals surface area contributed by atoms with Crippen molar-refractivity contribution in [1.29, 1.82) is 0 Å². The number of rotatable bonds is 5. The van der Waals surface area contributed by atoms with E-state index >= 15 is 0 Å². The lowest BCUT2D eigenvalue weighted by Gasteiger charge is -2.05. The molecule has 0 saturated heterocycles. The summed E-state index contributed by atoms with van der Waals surface area (Å²) in [4.78, 5) is 14.1. The Balaban J connectivity index is 2.00. The van der Waals surface area contributed by atoms with Gasteiger partial charge in [-0.05, 0) is 0 Å². The first-order valence-corrected chi connectivity index (χ1v) is 5.83. The van der Waals surface area contributed by atoms with Gasteiger partial charge in [0, 0.05) is 20.0 Å². The Bertz CT molecular complexity index is 599. The van der Waals surface area contributed by atoms with Crippen molar-refractivity contribution in [2.24, 2.45) is 7.05 Å². The minimum atomic E-state index is -0.512. The zero-order chi connectivity index (χ0) is 13.8. The summed E-state index contributed by atoms with van der Waals surface area (Å²) in [6.07, 6.45) is 2.23. The molecular weight excluding hydrogens is 272 g/mol. The minimum absolute atomic E-state index is 0.0790. The van der Waals surface area contributed by atoms with Crippen molar-refractivity contribution in [3.63, 3.8) is 0 Å². The lowest BCUT2D eigenvalue weighted by molar-refractivity contribution is -0.384. The fourth-order valence-corrected chi connectivity index (χ4v) is 1.72. The molecule has 0 unspecified atom stereocenters. The van der Waals surface area contributed by atoms with Crippen LogP contribution >= 0.6 is 11.6 Å². The fraction of sp³-hybridized carbons (Fsp3) is 0.300. The van der Waals surface area contributed by atoms with Crippen molar-refractivity contribution in [3.05, 3.63) is 39.6 Å². The van der Waals surface area contributed by atoms with E-state index in [2.05, 4.69) is 20.5 Å². The van der Waals surface area contributed by atoms with Crippen LogP contribution in [-0.2, 0) is 13.5 Å². The number of anilines is 1. The van der Waals surface area contributed by atoms with Gasteiger partial charge in [-0.1, -0.05) is 11.6 Å². The largest absolute Gasteiger partial charge is 0.369 e. The van der Waals surface area contributed by atoms with Crippen LogP contribution in [-0.4, -0.2) is 31.2 Å². The SMILES string of the molecule is Cn1cnnc1CCNc1cc([N+](=O)[O-])cc(Cl)n1. The van der Waals surface area contributed by atoms with Crippen LogP contribution in [0.2, 0.25) is 5.15 Å². The number of nitro groups is 1. The van der Waals surface area contributed by atoms with E-state index in [1.807, 2.05) is 7.05 Å². The topological polar surface area (TPSA) is 98.8 Å². The molecule has 100 valence electrons. The summed E-state index contributed by atoms with van der Waals surface area (Å²) in [5, 5.41) is 21.4. The summed E-state index contributed by atoms with van der Waals surface area (Å²) in [6.45, 7) is 0.525. The lowest BCUT2D eigenvalue weighted by Crippen LogP contribution is -2.09. The molecule has 0 bridgehead atoms. The van der Waals surface area contributed by atoms with Crippen LogP contribution in [0, 0.1) is 10.1 Å². The Kier molecular flexibility index (Phi) is 3.91. The molecule has 0 aliphatic rings. The molecule has 0 fully saturated rings. The van der Waals surface area contributed by atoms with Crippen molar-refractivity contribution in [3.8, 4) is 0 Å². The standard InChI is InChI=1S/C10H11ClN6O2/c1-16-6-13-15-10(16)2-3-12-9-5-7(17(18)19)4-8(11)14-9/h4-6H,2-3H2,1H3,(H,12,14). The Labute approximate surface area is 113 Å². The predicted octanol–water partition coefficient (Wildman–Crippen LogP) is 1.43. The highest BCUT2D eigenvalue weighted by Crippen LogP contribution is 2.20. The molecule has 0 radical (unpaired) electrons. The number of pyridine rings is 1. The van der Waals surface area contributed by atoms with Crippen LogP contribution in [0.4, 0.5) is 11.5 Å². The Hall–Kier alpha value is -2.22. The van der Waals surface area contributed by atoms with Crippen LogP contribution in [0.3, 0.4) is 0 Å². The van der Waals surface area contributed by atoms with E-state index in [4.69, 9.17) is 11.6 Å². The van der Waals surface area contributed by atoms with Gasteiger partial charge in [0.05, 0.1) is 17.1 Å². The summed E-state index contributed by atoms with van der Waals surface area (Å²) in [5.41, 5.74) is -0.0961. The molecule has 2 rings (SSSR count). The minimum Gasteiger partial charge on any atom is -0.369 e. The average molecular weight is 283 g/mol. The fourth-order valence-electron chi connectivity index (χ4n) is 1.52. The maximum atomic E-state index is 10.7. The van der Waals surface area contributed by atoms with E-state index in [1.54, 1.807) is 10.9 Å². The van der Waals surface area contributed by atoms with Gasteiger partial charge in [-0.15, -0.1) is 10.2 Å². The zero-order valence-corrected chi connectivity index (χ0v) is 10.8. The van der Waals surface area contributed by atoms with Gasteiger partial charge in [0.25, 0.3) is 5.69 Å². The van der Waals surface area contributed by atoms with Crippen LogP contribution in [0.25, 0.3) is 0 Å². The van der Waals surface area contributed by atoms with E-state index < -0.39 is 4.92 Å². The molecule has 1 N–H and O–H groups in total. The van der Waals surface area contributed by atoms with E-state index in [1.165, 1.54) is 12.1 Å². The van der Waals surface area contributed by atoms with Gasteiger partial charge < -0.3 is 9.88 Å². The van der Waals surface area contributed by atoms with Gasteiger partial charge in [0.2, 0.25) is 0 Å². The van der Waals surface area contributed by atoms with Crippen LogP contribution in [0.15, 0.2) is 18.5 Å². The second-order valence-electron chi connectivity index (χ2n) is 3.83. The van der Waals surface area contributed by atoms with Gasteiger partial charge in [-0.2, -0.15) is 0 Å². The summed E-state index contributed by atoms with van der Waals surface area (Å²) >= 11 is 5.72. The molecule has 2 aromatic heterocycles. The molecule has 0 aromatic carbocycles. The summed E-state index contributed by atoms with van der Waals surface area (Å²) in [5.74, 6) is 1.17. The first kappa shape index (κ1) is 13.2. The number of hydrogen-bond donors (Lipinski definition) is 1. The molecule has 0 spiro atoms. The molecular formula is C10H11ClN6O2. The van der Waals surface area contributed by atoms with Crippen LogP contribution < -0.4 is 5.32 Å². The summed E-state index contributed by atoms with van der Waals surface area (Å²) in [6, 6.07) is 2.54. The van der Waals surface area contributed by atoms with E-state index in [-0.39, 0.29) is 10.8 Å². The Morgan fingerprint density at radius 1 is 1.53 bits per heavy atom. The van der Waals surface area contributed by atoms with Crippen molar-refractivity contribution in [1.82, 2.24) is 19.7 Å².